The smallest absolute Gasteiger partial charge is 0.243 e. The minimum absolute atomic E-state index is 0.223. The van der Waals surface area contributed by atoms with Crippen molar-refractivity contribution in [3.8, 4) is 0 Å². The molecule has 1 heterocycles. The molecule has 1 aromatic rings. The Bertz CT molecular complexity index is 404. The van der Waals surface area contributed by atoms with E-state index in [9.17, 15) is 9.18 Å². The van der Waals surface area contributed by atoms with Gasteiger partial charge in [0.1, 0.15) is 5.82 Å². The first-order valence-corrected chi connectivity index (χ1v) is 4.95. The average Bonchev–Trinajstić information content (AvgIpc) is 2.61. The van der Waals surface area contributed by atoms with Gasteiger partial charge in [0, 0.05) is 6.54 Å². The third-order valence-electron chi connectivity index (χ3n) is 2.60. The summed E-state index contributed by atoms with van der Waals surface area (Å²) in [7, 11) is 0. The second kappa shape index (κ2) is 3.62. The Labute approximate surface area is 87.7 Å². The van der Waals surface area contributed by atoms with Crippen LogP contribution in [0, 0.1) is 5.82 Å². The molecule has 0 aromatic heterocycles. The largest absolute Gasteiger partial charge is 0.320 e. The highest BCUT2D eigenvalue weighted by molar-refractivity contribution is 5.98. The van der Waals surface area contributed by atoms with Gasteiger partial charge in [-0.1, -0.05) is 12.1 Å². The van der Waals surface area contributed by atoms with Gasteiger partial charge in [-0.25, -0.2) is 4.39 Å². The van der Waals surface area contributed by atoms with Crippen molar-refractivity contribution in [1.82, 2.24) is 0 Å². The lowest BCUT2D eigenvalue weighted by Crippen LogP contribution is -2.41. The van der Waals surface area contributed by atoms with E-state index in [2.05, 4.69) is 0 Å². The van der Waals surface area contributed by atoms with E-state index in [-0.39, 0.29) is 11.7 Å². The van der Waals surface area contributed by atoms with Gasteiger partial charge in [-0.05, 0) is 25.0 Å². The summed E-state index contributed by atoms with van der Waals surface area (Å²) in [6.45, 7) is 2.14. The molecule has 1 aliphatic rings. The van der Waals surface area contributed by atoms with E-state index in [0.717, 1.165) is 5.56 Å². The lowest BCUT2D eigenvalue weighted by Gasteiger charge is -2.19. The van der Waals surface area contributed by atoms with E-state index in [1.165, 1.54) is 11.0 Å². The summed E-state index contributed by atoms with van der Waals surface area (Å²) in [5.74, 6) is -0.571. The number of rotatable bonds is 1. The maximum atomic E-state index is 13.5. The monoisotopic (exact) mass is 208 g/mol. The third kappa shape index (κ3) is 1.61. The fraction of sp³-hybridized carbons (Fsp3) is 0.364. The topological polar surface area (TPSA) is 46.3 Å². The lowest BCUT2D eigenvalue weighted by atomic mass is 10.1. The molecule has 0 radical (unpaired) electrons. The van der Waals surface area contributed by atoms with Gasteiger partial charge in [0.15, 0.2) is 0 Å². The number of nitrogens with zero attached hydrogens (tertiary/aromatic N) is 1. The summed E-state index contributed by atoms with van der Waals surface area (Å²) in [6, 6.07) is 4.28. The van der Waals surface area contributed by atoms with Gasteiger partial charge in [-0.15, -0.1) is 0 Å². The van der Waals surface area contributed by atoms with Gasteiger partial charge in [0.25, 0.3) is 0 Å². The van der Waals surface area contributed by atoms with Gasteiger partial charge in [0.2, 0.25) is 5.91 Å². The summed E-state index contributed by atoms with van der Waals surface area (Å²) < 4.78 is 13.5. The van der Waals surface area contributed by atoms with Crippen LogP contribution < -0.4 is 10.6 Å². The summed E-state index contributed by atoms with van der Waals surface area (Å²) in [5, 5.41) is 0. The van der Waals surface area contributed by atoms with E-state index in [1.807, 2.05) is 6.07 Å². The lowest BCUT2D eigenvalue weighted by molar-refractivity contribution is -0.119. The Morgan fingerprint density at radius 2 is 2.33 bits per heavy atom. The quantitative estimate of drug-likeness (QED) is 0.750. The predicted octanol–water partition coefficient (Wildman–Crippen LogP) is 1.06. The second-order valence-electron chi connectivity index (χ2n) is 3.78. The molecule has 2 N–H and O–H groups in total. The summed E-state index contributed by atoms with van der Waals surface area (Å²) in [6.07, 6.45) is 0.700. The Morgan fingerprint density at radius 3 is 3.00 bits per heavy atom. The van der Waals surface area contributed by atoms with Crippen molar-refractivity contribution < 1.29 is 9.18 Å². The molecule has 4 heteroatoms. The Hall–Kier alpha value is -1.42. The predicted molar refractivity (Wildman–Crippen MR) is 56.1 cm³/mol. The zero-order valence-corrected chi connectivity index (χ0v) is 8.53. The molecule has 0 aliphatic carbocycles. The van der Waals surface area contributed by atoms with Crippen LogP contribution in [0.25, 0.3) is 0 Å². The van der Waals surface area contributed by atoms with Crippen LogP contribution in [0.15, 0.2) is 18.2 Å². The van der Waals surface area contributed by atoms with Crippen LogP contribution in [0.5, 0.6) is 0 Å². The molecule has 0 bridgehead atoms. The second-order valence-corrected chi connectivity index (χ2v) is 3.78. The third-order valence-corrected chi connectivity index (χ3v) is 2.60. The number of nitrogens with two attached hydrogens (primary N) is 1. The van der Waals surface area contributed by atoms with Crippen LogP contribution in [0.3, 0.4) is 0 Å². The van der Waals surface area contributed by atoms with Crippen LogP contribution in [0.4, 0.5) is 10.1 Å². The van der Waals surface area contributed by atoms with Crippen molar-refractivity contribution >= 4 is 11.6 Å². The molecule has 1 atom stereocenters. The molecule has 0 saturated carbocycles. The van der Waals surface area contributed by atoms with E-state index < -0.39 is 6.04 Å². The minimum Gasteiger partial charge on any atom is -0.320 e. The number of halogens is 1. The summed E-state index contributed by atoms with van der Waals surface area (Å²) >= 11 is 0. The van der Waals surface area contributed by atoms with Crippen LogP contribution >= 0.6 is 0 Å². The van der Waals surface area contributed by atoms with Crippen molar-refractivity contribution in [2.24, 2.45) is 5.73 Å². The Morgan fingerprint density at radius 1 is 1.60 bits per heavy atom. The molecule has 3 nitrogen and oxygen atoms in total. The number of para-hydroxylation sites is 1. The summed E-state index contributed by atoms with van der Waals surface area (Å²) in [5.41, 5.74) is 6.79. The normalized spacial score (nSPS) is 16.3. The first-order chi connectivity index (χ1) is 7.11. The van der Waals surface area contributed by atoms with E-state index in [1.54, 1.807) is 13.0 Å². The number of hydrogen-bond acceptors (Lipinski definition) is 2. The molecule has 0 saturated heterocycles. The first kappa shape index (κ1) is 10.1. The van der Waals surface area contributed by atoms with Crippen molar-refractivity contribution in [3.05, 3.63) is 29.6 Å². The molecular formula is C11H13FN2O. The number of hydrogen-bond donors (Lipinski definition) is 1. The first-order valence-electron chi connectivity index (χ1n) is 4.95. The number of benzene rings is 1. The highest BCUT2D eigenvalue weighted by Crippen LogP contribution is 2.30. The number of fused-ring (bicyclic) bond motifs is 1. The molecular weight excluding hydrogens is 195 g/mol. The van der Waals surface area contributed by atoms with Crippen LogP contribution in [0.2, 0.25) is 0 Å². The fourth-order valence-corrected chi connectivity index (χ4v) is 1.87. The van der Waals surface area contributed by atoms with E-state index >= 15 is 0 Å². The molecule has 0 spiro atoms. The van der Waals surface area contributed by atoms with Gasteiger partial charge >= 0.3 is 0 Å². The van der Waals surface area contributed by atoms with Crippen molar-refractivity contribution in [2.75, 3.05) is 11.4 Å². The fourth-order valence-electron chi connectivity index (χ4n) is 1.87. The Kier molecular flexibility index (Phi) is 2.44. The minimum atomic E-state index is -0.587. The molecule has 0 unspecified atom stereocenters. The molecule has 1 aliphatic heterocycles. The zero-order valence-electron chi connectivity index (χ0n) is 8.53. The number of amides is 1. The number of carbonyl (C=O) groups excluding carboxylic acids is 1. The SMILES string of the molecule is C[C@@H](N)C(=O)N1CCc2cccc(F)c21. The van der Waals surface area contributed by atoms with Gasteiger partial charge in [0.05, 0.1) is 11.7 Å². The average molecular weight is 208 g/mol. The van der Waals surface area contributed by atoms with Gasteiger partial charge < -0.3 is 10.6 Å². The highest BCUT2D eigenvalue weighted by atomic mass is 19.1. The van der Waals surface area contributed by atoms with Crippen LogP contribution in [-0.4, -0.2) is 18.5 Å². The van der Waals surface area contributed by atoms with E-state index in [0.29, 0.717) is 18.7 Å². The maximum Gasteiger partial charge on any atom is 0.243 e. The van der Waals surface area contributed by atoms with Crippen molar-refractivity contribution in [1.29, 1.82) is 0 Å². The number of anilines is 1. The van der Waals surface area contributed by atoms with Gasteiger partial charge in [-0.2, -0.15) is 0 Å². The van der Waals surface area contributed by atoms with Crippen LogP contribution in [-0.2, 0) is 11.2 Å². The van der Waals surface area contributed by atoms with Crippen molar-refractivity contribution in [3.63, 3.8) is 0 Å². The molecule has 1 amide bonds. The summed E-state index contributed by atoms with van der Waals surface area (Å²) in [4.78, 5) is 13.1. The Balaban J connectivity index is 2.40. The number of carbonyl (C=O) groups is 1. The highest BCUT2D eigenvalue weighted by Gasteiger charge is 2.28. The molecule has 0 fully saturated rings. The van der Waals surface area contributed by atoms with Gasteiger partial charge in [-0.3, -0.25) is 4.79 Å². The van der Waals surface area contributed by atoms with E-state index in [4.69, 9.17) is 5.73 Å². The van der Waals surface area contributed by atoms with Crippen molar-refractivity contribution in [2.45, 2.75) is 19.4 Å². The molecule has 1 aromatic carbocycles. The molecule has 80 valence electrons. The zero-order chi connectivity index (χ0) is 11.0. The molecule has 2 rings (SSSR count). The molecule has 15 heavy (non-hydrogen) atoms. The van der Waals surface area contributed by atoms with Crippen LogP contribution in [0.1, 0.15) is 12.5 Å². The maximum absolute atomic E-state index is 13.5. The standard InChI is InChI=1S/C11H13FN2O/c1-7(13)11(15)14-6-5-8-3-2-4-9(12)10(8)14/h2-4,7H,5-6,13H2,1H3/t7-/m1/s1.